The molecule has 4 rings (SSSR count). The smallest absolute Gasteiger partial charge is 0.251 e. The second-order valence-electron chi connectivity index (χ2n) is 9.38. The minimum absolute atomic E-state index is 0.0605. The Labute approximate surface area is 195 Å². The fourth-order valence-corrected chi connectivity index (χ4v) is 5.31. The van der Waals surface area contributed by atoms with E-state index in [2.05, 4.69) is 41.4 Å². The van der Waals surface area contributed by atoms with Gasteiger partial charge in [-0.25, -0.2) is 0 Å². The molecule has 0 radical (unpaired) electrons. The number of hydrogen-bond acceptors (Lipinski definition) is 4. The maximum absolute atomic E-state index is 12.3. The molecule has 2 fully saturated rings. The van der Waals surface area contributed by atoms with Gasteiger partial charge in [0.05, 0.1) is 0 Å². The number of nitrogens with one attached hydrogen (secondary N) is 1. The van der Waals surface area contributed by atoms with Crippen molar-refractivity contribution >= 4 is 11.7 Å². The van der Waals surface area contributed by atoms with Crippen molar-refractivity contribution < 1.29 is 14.7 Å². The number of aliphatic hydroxyl groups excluding tert-OH is 1. The third-order valence-corrected chi connectivity index (χ3v) is 7.23. The largest absolute Gasteiger partial charge is 0.388 e. The number of aliphatic hydroxyl groups is 1. The van der Waals surface area contributed by atoms with Crippen LogP contribution < -0.4 is 11.1 Å². The number of Topliss-reactive ketones (excluding diaryl/α,β-unsaturated/α-hetero) is 1. The van der Waals surface area contributed by atoms with Crippen molar-refractivity contribution in [3.63, 3.8) is 0 Å². The van der Waals surface area contributed by atoms with Crippen LogP contribution >= 0.6 is 0 Å². The number of ketones is 1. The quantitative estimate of drug-likeness (QED) is 0.546. The van der Waals surface area contributed by atoms with Crippen molar-refractivity contribution in [1.29, 1.82) is 0 Å². The van der Waals surface area contributed by atoms with E-state index in [0.29, 0.717) is 5.56 Å². The second-order valence-corrected chi connectivity index (χ2v) is 9.38. The molecular formula is C28H32N2O3. The number of hydrogen-bond donors (Lipinski definition) is 3. The zero-order chi connectivity index (χ0) is 23.2. The Morgan fingerprint density at radius 1 is 1.00 bits per heavy atom. The first-order chi connectivity index (χ1) is 16.1. The van der Waals surface area contributed by atoms with Crippen LogP contribution in [0.2, 0.25) is 0 Å². The summed E-state index contributed by atoms with van der Waals surface area (Å²) in [5, 5.41) is 11.5. The molecule has 0 spiro atoms. The summed E-state index contributed by atoms with van der Waals surface area (Å²) in [6.45, 7) is -0.714. The lowest BCUT2D eigenvalue weighted by atomic mass is 9.84. The van der Waals surface area contributed by atoms with Crippen molar-refractivity contribution in [2.75, 3.05) is 13.2 Å². The molecule has 1 unspecified atom stereocenters. The lowest BCUT2D eigenvalue weighted by Crippen LogP contribution is -2.46. The van der Waals surface area contributed by atoms with Crippen LogP contribution in [0.4, 0.5) is 0 Å². The molecule has 2 aromatic rings. The lowest BCUT2D eigenvalue weighted by Gasteiger charge is -2.21. The number of carbonyl (C=O) groups excluding carboxylic acids is 2. The molecule has 172 valence electrons. The molecule has 0 aromatic heterocycles. The topological polar surface area (TPSA) is 92.4 Å². The van der Waals surface area contributed by atoms with Gasteiger partial charge >= 0.3 is 0 Å². The molecule has 5 nitrogen and oxygen atoms in total. The molecule has 0 aliphatic heterocycles. The molecule has 2 saturated carbocycles. The molecular weight excluding hydrogens is 412 g/mol. The first-order valence-corrected chi connectivity index (χ1v) is 11.9. The van der Waals surface area contributed by atoms with Gasteiger partial charge in [0.15, 0.2) is 5.78 Å². The summed E-state index contributed by atoms with van der Waals surface area (Å²) in [5.74, 6) is 8.33. The summed E-state index contributed by atoms with van der Waals surface area (Å²) in [4.78, 5) is 23.9. The van der Waals surface area contributed by atoms with E-state index in [1.54, 1.807) is 24.3 Å². The minimum atomic E-state index is -0.891. The summed E-state index contributed by atoms with van der Waals surface area (Å²) in [7, 11) is 0. The summed E-state index contributed by atoms with van der Waals surface area (Å²) in [5.41, 5.74) is 9.05. The number of benzene rings is 2. The third-order valence-electron chi connectivity index (χ3n) is 7.23. The number of amides is 1. The van der Waals surface area contributed by atoms with Crippen LogP contribution in [0.1, 0.15) is 59.2 Å². The Bertz CT molecular complexity index is 1030. The highest BCUT2D eigenvalue weighted by Crippen LogP contribution is 2.49. The average Bonchev–Trinajstić information content (AvgIpc) is 3.48. The van der Waals surface area contributed by atoms with Crippen LogP contribution in [0.25, 0.3) is 0 Å². The van der Waals surface area contributed by atoms with Crippen LogP contribution in [0.5, 0.6) is 0 Å². The van der Waals surface area contributed by atoms with E-state index in [-0.39, 0.29) is 6.54 Å². The number of fused-ring (bicyclic) bond motifs is 2. The molecule has 1 amide bonds. The molecule has 2 aliphatic rings. The normalized spacial score (nSPS) is 21.8. The Kier molecular flexibility index (Phi) is 7.59. The monoisotopic (exact) mass is 444 g/mol. The Morgan fingerprint density at radius 3 is 2.21 bits per heavy atom. The zero-order valence-electron chi connectivity index (χ0n) is 18.9. The highest BCUT2D eigenvalue weighted by atomic mass is 16.3. The van der Waals surface area contributed by atoms with Crippen LogP contribution in [-0.2, 0) is 11.2 Å². The Morgan fingerprint density at radius 2 is 1.67 bits per heavy atom. The van der Waals surface area contributed by atoms with Crippen molar-refractivity contribution in [1.82, 2.24) is 5.32 Å². The van der Waals surface area contributed by atoms with Crippen LogP contribution in [-0.4, -0.2) is 36.0 Å². The Hall–Kier alpha value is -2.94. The van der Waals surface area contributed by atoms with E-state index >= 15 is 0 Å². The molecule has 0 heterocycles. The van der Waals surface area contributed by atoms with Gasteiger partial charge in [0.25, 0.3) is 5.91 Å². The standard InChI is InChI=1S/C28H32N2O3/c29-17-26(27(32)18-31)30-28(33)23-11-7-21(8-12-23)6-3-19-1-4-20(5-2-19)9-13-24-15-22-10-14-25(24)16-22/h1-2,4-5,7-8,11-12,22,24-26,31H,9-10,13-18,29H2,(H,30,33)/t22-,24?,25-,26-/m0/s1. The fraction of sp³-hybridized carbons (Fsp3) is 0.429. The molecule has 4 atom stereocenters. The van der Waals surface area contributed by atoms with Crippen molar-refractivity contribution in [2.45, 2.75) is 44.6 Å². The van der Waals surface area contributed by atoms with E-state index < -0.39 is 24.3 Å². The lowest BCUT2D eigenvalue weighted by molar-refractivity contribution is -0.123. The summed E-state index contributed by atoms with van der Waals surface area (Å²) in [6.07, 6.45) is 8.30. The zero-order valence-corrected chi connectivity index (χ0v) is 18.9. The minimum Gasteiger partial charge on any atom is -0.388 e. The average molecular weight is 445 g/mol. The summed E-state index contributed by atoms with van der Waals surface area (Å²) < 4.78 is 0. The first kappa shape index (κ1) is 23.2. The van der Waals surface area contributed by atoms with Crippen LogP contribution in [0, 0.1) is 29.6 Å². The van der Waals surface area contributed by atoms with Gasteiger partial charge < -0.3 is 16.2 Å². The van der Waals surface area contributed by atoms with Crippen LogP contribution in [0.3, 0.4) is 0 Å². The van der Waals surface area contributed by atoms with Crippen molar-refractivity contribution in [3.05, 3.63) is 70.8 Å². The number of aryl methyl sites for hydroxylation is 1. The van der Waals surface area contributed by atoms with Crippen molar-refractivity contribution in [2.24, 2.45) is 23.5 Å². The van der Waals surface area contributed by atoms with Gasteiger partial charge in [-0.2, -0.15) is 0 Å². The second kappa shape index (κ2) is 10.8. The third kappa shape index (κ3) is 5.90. The molecule has 4 N–H and O–H groups in total. The Balaban J connectivity index is 1.29. The van der Waals surface area contributed by atoms with E-state index in [9.17, 15) is 9.59 Å². The van der Waals surface area contributed by atoms with Gasteiger partial charge in [0.2, 0.25) is 0 Å². The SMILES string of the molecule is NC[C@H](NC(=O)c1ccc(C#Cc2ccc(CCC3C[C@@H]4CC[C@H]3C4)cc2)cc1)C(=O)CO. The number of carbonyl (C=O) groups is 2. The molecule has 2 aromatic carbocycles. The molecule has 0 saturated heterocycles. The number of nitrogens with two attached hydrogens (primary N) is 1. The van der Waals surface area contributed by atoms with E-state index in [4.69, 9.17) is 10.8 Å². The van der Waals surface area contributed by atoms with Gasteiger partial charge in [-0.05, 0) is 91.8 Å². The van der Waals surface area contributed by atoms with E-state index in [1.807, 2.05) is 0 Å². The highest BCUT2D eigenvalue weighted by Gasteiger charge is 2.38. The van der Waals surface area contributed by atoms with E-state index in [0.717, 1.165) is 35.3 Å². The summed E-state index contributed by atoms with van der Waals surface area (Å²) >= 11 is 0. The van der Waals surface area contributed by atoms with Crippen molar-refractivity contribution in [3.8, 4) is 11.8 Å². The van der Waals surface area contributed by atoms with Gasteiger partial charge in [0.1, 0.15) is 12.6 Å². The molecule has 33 heavy (non-hydrogen) atoms. The summed E-state index contributed by atoms with van der Waals surface area (Å²) in [6, 6.07) is 14.5. The maximum Gasteiger partial charge on any atom is 0.251 e. The van der Waals surface area contributed by atoms with Crippen LogP contribution in [0.15, 0.2) is 48.5 Å². The number of rotatable bonds is 8. The van der Waals surface area contributed by atoms with E-state index in [1.165, 1.54) is 37.7 Å². The molecule has 5 heteroatoms. The first-order valence-electron chi connectivity index (χ1n) is 11.9. The van der Waals surface area contributed by atoms with Gasteiger partial charge in [-0.3, -0.25) is 9.59 Å². The predicted molar refractivity (Wildman–Crippen MR) is 129 cm³/mol. The molecule has 2 aliphatic carbocycles. The van der Waals surface area contributed by atoms with Gasteiger partial charge in [-0.15, -0.1) is 0 Å². The predicted octanol–water partition coefficient (Wildman–Crippen LogP) is 3.07. The maximum atomic E-state index is 12.3. The fourth-order valence-electron chi connectivity index (χ4n) is 5.31. The highest BCUT2D eigenvalue weighted by molar-refractivity contribution is 5.98. The van der Waals surface area contributed by atoms with Gasteiger partial charge in [-0.1, -0.05) is 30.4 Å². The molecule has 2 bridgehead atoms. The van der Waals surface area contributed by atoms with Gasteiger partial charge in [0, 0.05) is 23.2 Å².